The van der Waals surface area contributed by atoms with Crippen molar-refractivity contribution in [2.45, 2.75) is 103 Å². The Hall–Kier alpha value is 0.340. The third kappa shape index (κ3) is 22.3. The number of nitrogens with two attached hydrogens (primary N) is 1. The van der Waals surface area contributed by atoms with Crippen molar-refractivity contribution >= 4 is 24.2 Å². The van der Waals surface area contributed by atoms with Gasteiger partial charge in [0, 0.05) is 17.5 Å². The van der Waals surface area contributed by atoms with Crippen molar-refractivity contribution in [3.8, 4) is 0 Å². The van der Waals surface area contributed by atoms with E-state index in [1.165, 1.54) is 83.5 Å². The minimum absolute atomic E-state index is 0. The fourth-order valence-corrected chi connectivity index (χ4v) is 3.55. The molecule has 1 atom stereocenters. The molecular formula is C20H42ClNS. The standard InChI is InChI=1S/C20H41NS.ClH/c1-3-4-5-6-7-8-9-10-11-12-13-14-15-16-17-20(2)22-19-18-21;/h10-11,20H,3-9,12-19,21H2,1-2H3;1H. The van der Waals surface area contributed by atoms with Crippen LogP contribution >= 0.6 is 24.2 Å². The first-order valence-electron chi connectivity index (χ1n) is 9.78. The lowest BCUT2D eigenvalue weighted by molar-refractivity contribution is 0.608. The van der Waals surface area contributed by atoms with E-state index in [-0.39, 0.29) is 12.4 Å². The van der Waals surface area contributed by atoms with Gasteiger partial charge in [-0.1, -0.05) is 77.4 Å². The molecule has 0 aliphatic rings. The van der Waals surface area contributed by atoms with E-state index < -0.39 is 0 Å². The summed E-state index contributed by atoms with van der Waals surface area (Å²) in [5, 5.41) is 0.792. The molecule has 0 aliphatic carbocycles. The van der Waals surface area contributed by atoms with Gasteiger partial charge >= 0.3 is 0 Å². The quantitative estimate of drug-likeness (QED) is 0.219. The maximum atomic E-state index is 5.53. The molecule has 140 valence electrons. The van der Waals surface area contributed by atoms with Crippen LogP contribution in [0.4, 0.5) is 0 Å². The summed E-state index contributed by atoms with van der Waals surface area (Å²) in [5.74, 6) is 1.12. The van der Waals surface area contributed by atoms with E-state index in [4.69, 9.17) is 5.73 Å². The van der Waals surface area contributed by atoms with Crippen molar-refractivity contribution in [2.75, 3.05) is 12.3 Å². The molecule has 1 nitrogen and oxygen atoms in total. The summed E-state index contributed by atoms with van der Waals surface area (Å²) < 4.78 is 0. The van der Waals surface area contributed by atoms with E-state index in [2.05, 4.69) is 26.0 Å². The molecule has 0 rings (SSSR count). The van der Waals surface area contributed by atoms with Crippen molar-refractivity contribution < 1.29 is 0 Å². The first-order chi connectivity index (χ1) is 10.8. The molecule has 0 heterocycles. The van der Waals surface area contributed by atoms with Crippen molar-refractivity contribution in [1.29, 1.82) is 0 Å². The summed E-state index contributed by atoms with van der Waals surface area (Å²) in [5.41, 5.74) is 5.53. The number of halogens is 1. The van der Waals surface area contributed by atoms with Gasteiger partial charge in [0.25, 0.3) is 0 Å². The van der Waals surface area contributed by atoms with Crippen molar-refractivity contribution in [1.82, 2.24) is 0 Å². The molecule has 23 heavy (non-hydrogen) atoms. The van der Waals surface area contributed by atoms with Crippen LogP contribution in [-0.4, -0.2) is 17.5 Å². The lowest BCUT2D eigenvalue weighted by Gasteiger charge is -2.09. The van der Waals surface area contributed by atoms with Crippen molar-refractivity contribution in [3.05, 3.63) is 12.2 Å². The van der Waals surface area contributed by atoms with Crippen LogP contribution in [0.15, 0.2) is 12.2 Å². The highest BCUT2D eigenvalue weighted by molar-refractivity contribution is 7.99. The Labute approximate surface area is 157 Å². The molecular weight excluding hydrogens is 322 g/mol. The first-order valence-corrected chi connectivity index (χ1v) is 10.8. The molecule has 0 aromatic carbocycles. The average Bonchev–Trinajstić information content (AvgIpc) is 2.53. The SMILES string of the molecule is CCCCCCCCC=CCCCCCCC(C)SCCN.Cl. The second kappa shape index (κ2) is 22.3. The molecule has 0 radical (unpaired) electrons. The van der Waals surface area contributed by atoms with Gasteiger partial charge in [0.2, 0.25) is 0 Å². The minimum Gasteiger partial charge on any atom is -0.330 e. The Morgan fingerprint density at radius 2 is 1.35 bits per heavy atom. The Morgan fingerprint density at radius 1 is 0.826 bits per heavy atom. The Kier molecular flexibility index (Phi) is 24.8. The lowest BCUT2D eigenvalue weighted by atomic mass is 10.1. The number of thioether (sulfide) groups is 1. The zero-order chi connectivity index (χ0) is 16.3. The monoisotopic (exact) mass is 363 g/mol. The van der Waals surface area contributed by atoms with Gasteiger partial charge < -0.3 is 5.73 Å². The second-order valence-electron chi connectivity index (χ2n) is 6.49. The number of hydrogen-bond donors (Lipinski definition) is 1. The zero-order valence-electron chi connectivity index (χ0n) is 15.7. The highest BCUT2D eigenvalue weighted by Gasteiger charge is 2.00. The van der Waals surface area contributed by atoms with Crippen LogP contribution in [0.25, 0.3) is 0 Å². The van der Waals surface area contributed by atoms with Crippen LogP contribution in [0.2, 0.25) is 0 Å². The molecule has 3 heteroatoms. The fourth-order valence-electron chi connectivity index (χ4n) is 2.68. The summed E-state index contributed by atoms with van der Waals surface area (Å²) in [6, 6.07) is 0. The molecule has 0 aromatic rings. The van der Waals surface area contributed by atoms with E-state index in [1.807, 2.05) is 11.8 Å². The van der Waals surface area contributed by atoms with Gasteiger partial charge in [0.1, 0.15) is 0 Å². The molecule has 0 saturated heterocycles. The van der Waals surface area contributed by atoms with E-state index in [1.54, 1.807) is 0 Å². The van der Waals surface area contributed by atoms with E-state index in [9.17, 15) is 0 Å². The molecule has 0 bridgehead atoms. The van der Waals surface area contributed by atoms with Crippen molar-refractivity contribution in [3.63, 3.8) is 0 Å². The predicted molar refractivity (Wildman–Crippen MR) is 113 cm³/mol. The maximum Gasteiger partial charge on any atom is 0.00585 e. The molecule has 0 aromatic heterocycles. The summed E-state index contributed by atoms with van der Waals surface area (Å²) in [7, 11) is 0. The first kappa shape index (κ1) is 25.6. The maximum absolute atomic E-state index is 5.53. The zero-order valence-corrected chi connectivity index (χ0v) is 17.4. The highest BCUT2D eigenvalue weighted by Crippen LogP contribution is 2.17. The molecule has 2 N–H and O–H groups in total. The largest absolute Gasteiger partial charge is 0.330 e. The normalized spacial score (nSPS) is 12.5. The van der Waals surface area contributed by atoms with Gasteiger partial charge in [-0.05, 0) is 32.1 Å². The van der Waals surface area contributed by atoms with E-state index >= 15 is 0 Å². The number of rotatable bonds is 17. The van der Waals surface area contributed by atoms with Crippen LogP contribution in [0, 0.1) is 0 Å². The molecule has 0 saturated carbocycles. The predicted octanol–water partition coefficient (Wildman–Crippen LogP) is 7.14. The van der Waals surface area contributed by atoms with E-state index in [0.717, 1.165) is 17.5 Å². The van der Waals surface area contributed by atoms with Gasteiger partial charge in [0.15, 0.2) is 0 Å². The Morgan fingerprint density at radius 3 is 1.91 bits per heavy atom. The van der Waals surface area contributed by atoms with Crippen LogP contribution in [0.1, 0.15) is 97.3 Å². The molecule has 0 amide bonds. The van der Waals surface area contributed by atoms with Gasteiger partial charge in [-0.2, -0.15) is 11.8 Å². The third-order valence-electron chi connectivity index (χ3n) is 4.14. The molecule has 0 fully saturated rings. The number of unbranched alkanes of at least 4 members (excludes halogenated alkanes) is 10. The lowest BCUT2D eigenvalue weighted by Crippen LogP contribution is -2.05. The summed E-state index contributed by atoms with van der Waals surface area (Å²) >= 11 is 2.03. The Balaban J connectivity index is 0. The fraction of sp³-hybridized carbons (Fsp3) is 0.900. The molecule has 0 spiro atoms. The summed E-state index contributed by atoms with van der Waals surface area (Å²) in [6.45, 7) is 5.44. The van der Waals surface area contributed by atoms with Gasteiger partial charge in [-0.3, -0.25) is 0 Å². The van der Waals surface area contributed by atoms with Gasteiger partial charge in [-0.15, -0.1) is 12.4 Å². The van der Waals surface area contributed by atoms with E-state index in [0.29, 0.717) is 0 Å². The van der Waals surface area contributed by atoms with Crippen LogP contribution in [0.3, 0.4) is 0 Å². The average molecular weight is 364 g/mol. The topological polar surface area (TPSA) is 26.0 Å². The van der Waals surface area contributed by atoms with Crippen molar-refractivity contribution in [2.24, 2.45) is 5.73 Å². The van der Waals surface area contributed by atoms with Gasteiger partial charge in [0.05, 0.1) is 0 Å². The molecule has 0 aliphatic heterocycles. The Bertz CT molecular complexity index is 234. The second-order valence-corrected chi connectivity index (χ2v) is 8.04. The highest BCUT2D eigenvalue weighted by atomic mass is 35.5. The minimum atomic E-state index is 0. The van der Waals surface area contributed by atoms with Gasteiger partial charge in [-0.25, -0.2) is 0 Å². The van der Waals surface area contributed by atoms with Crippen LogP contribution in [0.5, 0.6) is 0 Å². The number of allylic oxidation sites excluding steroid dienone is 2. The smallest absolute Gasteiger partial charge is 0.00585 e. The van der Waals surface area contributed by atoms with Crippen LogP contribution in [-0.2, 0) is 0 Å². The summed E-state index contributed by atoms with van der Waals surface area (Å²) in [6.07, 6.45) is 22.8. The third-order valence-corrected chi connectivity index (χ3v) is 5.42. The van der Waals surface area contributed by atoms with Crippen LogP contribution < -0.4 is 5.73 Å². The summed E-state index contributed by atoms with van der Waals surface area (Å²) in [4.78, 5) is 0. The number of hydrogen-bond acceptors (Lipinski definition) is 2. The molecule has 1 unspecified atom stereocenters.